The summed E-state index contributed by atoms with van der Waals surface area (Å²) >= 11 is 2.77. The van der Waals surface area contributed by atoms with Crippen molar-refractivity contribution in [2.24, 2.45) is 0 Å². The Kier molecular flexibility index (Phi) is 7.02. The lowest BCUT2D eigenvalue weighted by Crippen LogP contribution is -2.22. The third-order valence-corrected chi connectivity index (χ3v) is 7.38. The van der Waals surface area contributed by atoms with Crippen molar-refractivity contribution in [3.05, 3.63) is 57.5 Å². The van der Waals surface area contributed by atoms with E-state index >= 15 is 0 Å². The van der Waals surface area contributed by atoms with Gasteiger partial charge < -0.3 is 5.32 Å². The fourth-order valence-electron chi connectivity index (χ4n) is 3.51. The molecule has 4 rings (SSSR count). The fraction of sp³-hybridized carbons (Fsp3) is 0.304. The molecule has 0 saturated heterocycles. The average molecular weight is 468 g/mol. The molecule has 0 fully saturated rings. The van der Waals surface area contributed by atoms with Crippen LogP contribution in [-0.4, -0.2) is 26.3 Å². The Morgan fingerprint density at radius 1 is 1.28 bits per heavy atom. The lowest BCUT2D eigenvalue weighted by Gasteiger charge is -2.09. The first-order valence-corrected chi connectivity index (χ1v) is 12.1. The summed E-state index contributed by atoms with van der Waals surface area (Å²) < 4.78 is 13.0. The predicted octanol–water partition coefficient (Wildman–Crippen LogP) is 5.44. The standard InChI is InChI=1S/C23H22FN5OS2/c1-14(21(30)27-22-18(13-25)17-5-3-2-4-6-19(17)32-22)31-23-26-20(28-29-23)12-9-15-7-10-16(24)11-8-15/h7-12,14H,2-6H2,1H3,(H,27,30)(H,26,28,29)/b12-9-/t14-/m1/s1. The Morgan fingerprint density at radius 3 is 2.84 bits per heavy atom. The SMILES string of the molecule is C[C@@H](Sc1n[nH]c(/C=C\c2ccc(F)cc2)n1)C(=O)Nc1sc2c(c1C#N)CCCCC2. The number of aromatic nitrogens is 3. The summed E-state index contributed by atoms with van der Waals surface area (Å²) in [5, 5.41) is 20.2. The molecule has 0 saturated carbocycles. The summed E-state index contributed by atoms with van der Waals surface area (Å²) in [6, 6.07) is 8.42. The molecule has 1 atom stereocenters. The van der Waals surface area contributed by atoms with E-state index in [1.165, 1.54) is 46.5 Å². The normalized spacial score (nSPS) is 14.5. The van der Waals surface area contributed by atoms with Crippen molar-refractivity contribution in [1.82, 2.24) is 15.2 Å². The third kappa shape index (κ3) is 5.26. The van der Waals surface area contributed by atoms with Gasteiger partial charge in [-0.15, -0.1) is 16.4 Å². The van der Waals surface area contributed by atoms with Crippen LogP contribution >= 0.6 is 23.1 Å². The maximum Gasteiger partial charge on any atom is 0.238 e. The quantitative estimate of drug-likeness (QED) is 0.372. The number of aromatic amines is 1. The van der Waals surface area contributed by atoms with Gasteiger partial charge in [-0.25, -0.2) is 9.37 Å². The highest BCUT2D eigenvalue weighted by Crippen LogP contribution is 2.37. The van der Waals surface area contributed by atoms with Crippen molar-refractivity contribution in [3.63, 3.8) is 0 Å². The number of thiophene rings is 1. The number of amides is 1. The van der Waals surface area contributed by atoms with Crippen LogP contribution < -0.4 is 5.32 Å². The molecular formula is C23H22FN5OS2. The molecule has 6 nitrogen and oxygen atoms in total. The van der Waals surface area contributed by atoms with Crippen LogP contribution in [-0.2, 0) is 17.6 Å². The van der Waals surface area contributed by atoms with E-state index in [9.17, 15) is 14.4 Å². The number of fused-ring (bicyclic) bond motifs is 1. The van der Waals surface area contributed by atoms with Crippen molar-refractivity contribution in [2.75, 3.05) is 5.32 Å². The second-order valence-electron chi connectivity index (χ2n) is 7.52. The monoisotopic (exact) mass is 467 g/mol. The first-order valence-electron chi connectivity index (χ1n) is 10.4. The number of carbonyl (C=O) groups is 1. The molecule has 9 heteroatoms. The highest BCUT2D eigenvalue weighted by atomic mass is 32.2. The molecule has 164 valence electrons. The molecule has 1 amide bonds. The maximum absolute atomic E-state index is 13.0. The van der Waals surface area contributed by atoms with E-state index < -0.39 is 5.25 Å². The number of rotatable bonds is 6. The van der Waals surface area contributed by atoms with Crippen LogP contribution in [0.3, 0.4) is 0 Å². The Labute approximate surface area is 194 Å². The predicted molar refractivity (Wildman–Crippen MR) is 126 cm³/mol. The largest absolute Gasteiger partial charge is 0.316 e. The van der Waals surface area contributed by atoms with Gasteiger partial charge in [0.2, 0.25) is 11.1 Å². The number of carbonyl (C=O) groups excluding carboxylic acids is 1. The van der Waals surface area contributed by atoms with Crippen LogP contribution in [0.5, 0.6) is 0 Å². The van der Waals surface area contributed by atoms with Crippen LogP contribution in [0.2, 0.25) is 0 Å². The molecule has 32 heavy (non-hydrogen) atoms. The van der Waals surface area contributed by atoms with E-state index in [0.717, 1.165) is 36.8 Å². The summed E-state index contributed by atoms with van der Waals surface area (Å²) in [6.45, 7) is 1.79. The highest BCUT2D eigenvalue weighted by molar-refractivity contribution is 8.00. The molecule has 0 bridgehead atoms. The third-order valence-electron chi connectivity index (χ3n) is 5.21. The topological polar surface area (TPSA) is 94.5 Å². The molecule has 0 spiro atoms. The minimum Gasteiger partial charge on any atom is -0.316 e. The molecule has 1 aliphatic rings. The smallest absolute Gasteiger partial charge is 0.238 e. The molecule has 0 aliphatic heterocycles. The minimum absolute atomic E-state index is 0.184. The molecule has 0 unspecified atom stereocenters. The van der Waals surface area contributed by atoms with Gasteiger partial charge in [-0.2, -0.15) is 5.26 Å². The van der Waals surface area contributed by atoms with Gasteiger partial charge in [-0.05, 0) is 61.9 Å². The number of nitriles is 1. The highest BCUT2D eigenvalue weighted by Gasteiger charge is 2.23. The summed E-state index contributed by atoms with van der Waals surface area (Å²) in [7, 11) is 0. The van der Waals surface area contributed by atoms with Crippen molar-refractivity contribution >= 4 is 46.2 Å². The lowest BCUT2D eigenvalue weighted by atomic mass is 10.1. The number of hydrogen-bond acceptors (Lipinski definition) is 6. The Bertz CT molecular complexity index is 1180. The van der Waals surface area contributed by atoms with Crippen LogP contribution in [0, 0.1) is 17.1 Å². The number of nitrogens with one attached hydrogen (secondary N) is 2. The number of hydrogen-bond donors (Lipinski definition) is 2. The number of nitrogens with zero attached hydrogens (tertiary/aromatic N) is 3. The molecule has 2 aromatic heterocycles. The molecule has 0 radical (unpaired) electrons. The zero-order valence-electron chi connectivity index (χ0n) is 17.5. The molecular weight excluding hydrogens is 445 g/mol. The molecule has 1 aromatic carbocycles. The van der Waals surface area contributed by atoms with Gasteiger partial charge in [0.05, 0.1) is 10.8 Å². The summed E-state index contributed by atoms with van der Waals surface area (Å²) in [6.07, 6.45) is 8.81. The van der Waals surface area contributed by atoms with Gasteiger partial charge in [-0.1, -0.05) is 36.4 Å². The average Bonchev–Trinajstić information content (AvgIpc) is 3.29. The second kappa shape index (κ2) is 10.1. The van der Waals surface area contributed by atoms with Crippen molar-refractivity contribution in [3.8, 4) is 6.07 Å². The van der Waals surface area contributed by atoms with Gasteiger partial charge in [0.25, 0.3) is 0 Å². The summed E-state index contributed by atoms with van der Waals surface area (Å²) in [4.78, 5) is 18.4. The number of thioether (sulfide) groups is 1. The van der Waals surface area contributed by atoms with E-state index in [1.807, 2.05) is 0 Å². The Morgan fingerprint density at radius 2 is 2.06 bits per heavy atom. The number of benzene rings is 1. The second-order valence-corrected chi connectivity index (χ2v) is 9.93. The van der Waals surface area contributed by atoms with Crippen LogP contribution in [0.25, 0.3) is 12.2 Å². The lowest BCUT2D eigenvalue weighted by molar-refractivity contribution is -0.115. The maximum atomic E-state index is 13.0. The summed E-state index contributed by atoms with van der Waals surface area (Å²) in [5.74, 6) is 0.0715. The Balaban J connectivity index is 1.38. The molecule has 1 aliphatic carbocycles. The van der Waals surface area contributed by atoms with Crippen molar-refractivity contribution in [1.29, 1.82) is 5.26 Å². The molecule has 2 N–H and O–H groups in total. The Hall–Kier alpha value is -2.96. The number of anilines is 1. The van der Waals surface area contributed by atoms with E-state index in [-0.39, 0.29) is 11.7 Å². The van der Waals surface area contributed by atoms with E-state index in [1.54, 1.807) is 31.2 Å². The van der Waals surface area contributed by atoms with E-state index in [0.29, 0.717) is 21.5 Å². The van der Waals surface area contributed by atoms with Crippen LogP contribution in [0.1, 0.15) is 53.6 Å². The van der Waals surface area contributed by atoms with Gasteiger partial charge in [0.15, 0.2) is 0 Å². The first-order chi connectivity index (χ1) is 15.5. The zero-order valence-corrected chi connectivity index (χ0v) is 19.2. The number of halogens is 1. The summed E-state index contributed by atoms with van der Waals surface area (Å²) in [5.41, 5.74) is 2.56. The van der Waals surface area contributed by atoms with E-state index in [4.69, 9.17) is 0 Å². The minimum atomic E-state index is -0.437. The van der Waals surface area contributed by atoms with Crippen LogP contribution in [0.4, 0.5) is 9.39 Å². The van der Waals surface area contributed by atoms with Gasteiger partial charge in [0.1, 0.15) is 22.7 Å². The van der Waals surface area contributed by atoms with Crippen LogP contribution in [0.15, 0.2) is 29.4 Å². The van der Waals surface area contributed by atoms with Gasteiger partial charge in [0, 0.05) is 4.88 Å². The molecule has 2 heterocycles. The fourth-order valence-corrected chi connectivity index (χ4v) is 5.48. The van der Waals surface area contributed by atoms with Crippen molar-refractivity contribution < 1.29 is 9.18 Å². The van der Waals surface area contributed by atoms with Crippen molar-refractivity contribution in [2.45, 2.75) is 49.4 Å². The molecule has 3 aromatic rings. The number of H-pyrrole nitrogens is 1. The van der Waals surface area contributed by atoms with Gasteiger partial charge >= 0.3 is 0 Å². The number of aryl methyl sites for hydroxylation is 1. The first kappa shape index (κ1) is 22.2. The van der Waals surface area contributed by atoms with Gasteiger partial charge in [-0.3, -0.25) is 9.89 Å². The van der Waals surface area contributed by atoms with E-state index in [2.05, 4.69) is 26.6 Å². The zero-order chi connectivity index (χ0) is 22.5.